The molecular formula is C8H17N3O. The van der Waals surface area contributed by atoms with Crippen LogP contribution in [0.4, 0.5) is 0 Å². The largest absolute Gasteiger partial charge is 0.394 e. The Kier molecular flexibility index (Phi) is 2.57. The van der Waals surface area contributed by atoms with Crippen LogP contribution in [0.2, 0.25) is 0 Å². The second-order valence-electron chi connectivity index (χ2n) is 3.91. The standard InChI is InChI=1S/C8H17N3O/c1-8(2,5-12)11-7(9)10-6-3-4-6/h6,12H,3-5H2,1-2H3,(H3,9,10,11). The van der Waals surface area contributed by atoms with Crippen LogP contribution in [-0.2, 0) is 0 Å². The first-order chi connectivity index (χ1) is 5.53. The van der Waals surface area contributed by atoms with Crippen molar-refractivity contribution in [1.82, 2.24) is 5.32 Å². The van der Waals surface area contributed by atoms with Crippen molar-refractivity contribution < 1.29 is 5.11 Å². The summed E-state index contributed by atoms with van der Waals surface area (Å²) < 4.78 is 0. The highest BCUT2D eigenvalue weighted by Gasteiger charge is 2.22. The van der Waals surface area contributed by atoms with E-state index in [1.165, 1.54) is 0 Å². The highest BCUT2D eigenvalue weighted by molar-refractivity contribution is 5.78. The first-order valence-electron chi connectivity index (χ1n) is 4.26. The van der Waals surface area contributed by atoms with E-state index in [2.05, 4.69) is 10.3 Å². The van der Waals surface area contributed by atoms with Gasteiger partial charge < -0.3 is 16.2 Å². The molecule has 0 saturated heterocycles. The molecule has 0 radical (unpaired) electrons. The minimum Gasteiger partial charge on any atom is -0.394 e. The lowest BCUT2D eigenvalue weighted by Gasteiger charge is -2.23. The Hall–Kier alpha value is -0.770. The summed E-state index contributed by atoms with van der Waals surface area (Å²) in [5, 5.41) is 11.9. The van der Waals surface area contributed by atoms with Gasteiger partial charge >= 0.3 is 0 Å². The Balaban J connectivity index is 2.38. The van der Waals surface area contributed by atoms with Crippen LogP contribution in [0, 0.1) is 0 Å². The molecule has 0 aromatic rings. The zero-order valence-electron chi connectivity index (χ0n) is 7.67. The molecule has 0 atom stereocenters. The van der Waals surface area contributed by atoms with Gasteiger partial charge in [0.25, 0.3) is 0 Å². The fraction of sp³-hybridized carbons (Fsp3) is 0.875. The zero-order chi connectivity index (χ0) is 9.19. The van der Waals surface area contributed by atoms with Crippen molar-refractivity contribution in [2.24, 2.45) is 10.7 Å². The van der Waals surface area contributed by atoms with Crippen LogP contribution in [0.15, 0.2) is 4.99 Å². The van der Waals surface area contributed by atoms with Crippen molar-refractivity contribution in [2.45, 2.75) is 38.3 Å². The second kappa shape index (κ2) is 3.31. The number of nitrogens with zero attached hydrogens (tertiary/aromatic N) is 1. The van der Waals surface area contributed by atoms with E-state index < -0.39 is 0 Å². The average Bonchev–Trinajstić information content (AvgIpc) is 2.70. The fourth-order valence-electron chi connectivity index (χ4n) is 0.819. The van der Waals surface area contributed by atoms with Gasteiger partial charge in [0.2, 0.25) is 0 Å². The molecule has 1 rings (SSSR count). The highest BCUT2D eigenvalue weighted by atomic mass is 16.3. The topological polar surface area (TPSA) is 70.6 Å². The Morgan fingerprint density at radius 3 is 2.67 bits per heavy atom. The molecule has 70 valence electrons. The third-order valence-electron chi connectivity index (χ3n) is 1.73. The number of rotatable bonds is 3. The molecule has 1 saturated carbocycles. The summed E-state index contributed by atoms with van der Waals surface area (Å²) in [6, 6.07) is 0.423. The molecule has 0 aliphatic heterocycles. The molecule has 4 N–H and O–H groups in total. The summed E-state index contributed by atoms with van der Waals surface area (Å²) in [6.45, 7) is 3.80. The minimum atomic E-state index is -0.373. The van der Waals surface area contributed by atoms with Gasteiger partial charge in [0.15, 0.2) is 5.96 Å². The molecule has 0 spiro atoms. The van der Waals surface area contributed by atoms with Gasteiger partial charge in [-0.05, 0) is 26.7 Å². The smallest absolute Gasteiger partial charge is 0.189 e. The molecule has 0 heterocycles. The van der Waals surface area contributed by atoms with E-state index in [-0.39, 0.29) is 12.1 Å². The van der Waals surface area contributed by atoms with E-state index in [0.717, 1.165) is 12.8 Å². The number of nitrogens with one attached hydrogen (secondary N) is 1. The number of aliphatic hydroxyl groups excluding tert-OH is 1. The maximum Gasteiger partial charge on any atom is 0.189 e. The average molecular weight is 171 g/mol. The van der Waals surface area contributed by atoms with Crippen molar-refractivity contribution >= 4 is 5.96 Å². The number of hydrogen-bond donors (Lipinski definition) is 3. The first-order valence-corrected chi connectivity index (χ1v) is 4.26. The maximum atomic E-state index is 8.92. The van der Waals surface area contributed by atoms with Crippen LogP contribution in [0.1, 0.15) is 26.7 Å². The summed E-state index contributed by atoms with van der Waals surface area (Å²) in [5.74, 6) is 0.441. The van der Waals surface area contributed by atoms with Gasteiger partial charge in [0.05, 0.1) is 18.2 Å². The van der Waals surface area contributed by atoms with Gasteiger partial charge in [-0.2, -0.15) is 0 Å². The third kappa shape index (κ3) is 3.09. The fourth-order valence-corrected chi connectivity index (χ4v) is 0.819. The lowest BCUT2D eigenvalue weighted by atomic mass is 10.1. The van der Waals surface area contributed by atoms with Gasteiger partial charge in [-0.15, -0.1) is 0 Å². The Morgan fingerprint density at radius 1 is 1.67 bits per heavy atom. The van der Waals surface area contributed by atoms with Gasteiger partial charge in [0.1, 0.15) is 0 Å². The normalized spacial score (nSPS) is 19.4. The summed E-state index contributed by atoms with van der Waals surface area (Å²) in [5.41, 5.74) is 5.23. The first kappa shape index (κ1) is 9.32. The predicted molar refractivity (Wildman–Crippen MR) is 48.9 cm³/mol. The Morgan fingerprint density at radius 2 is 2.25 bits per heavy atom. The van der Waals surface area contributed by atoms with Crippen molar-refractivity contribution in [3.8, 4) is 0 Å². The second-order valence-corrected chi connectivity index (χ2v) is 3.91. The molecule has 0 unspecified atom stereocenters. The minimum absolute atomic E-state index is 0.0495. The van der Waals surface area contributed by atoms with Crippen LogP contribution < -0.4 is 11.1 Å². The van der Waals surface area contributed by atoms with Crippen molar-refractivity contribution in [3.05, 3.63) is 0 Å². The van der Waals surface area contributed by atoms with E-state index in [9.17, 15) is 0 Å². The van der Waals surface area contributed by atoms with Gasteiger partial charge in [0, 0.05) is 0 Å². The zero-order valence-corrected chi connectivity index (χ0v) is 7.67. The van der Waals surface area contributed by atoms with Crippen LogP contribution in [0.25, 0.3) is 0 Å². The summed E-state index contributed by atoms with van der Waals surface area (Å²) >= 11 is 0. The van der Waals surface area contributed by atoms with E-state index in [4.69, 9.17) is 10.8 Å². The summed E-state index contributed by atoms with van der Waals surface area (Å²) in [7, 11) is 0. The molecule has 0 amide bonds. The summed E-state index contributed by atoms with van der Waals surface area (Å²) in [6.07, 6.45) is 2.28. The molecule has 1 aliphatic carbocycles. The van der Waals surface area contributed by atoms with Crippen molar-refractivity contribution in [1.29, 1.82) is 0 Å². The number of guanidine groups is 1. The van der Waals surface area contributed by atoms with E-state index in [1.54, 1.807) is 0 Å². The lowest BCUT2D eigenvalue weighted by molar-refractivity contribution is 0.206. The number of aliphatic hydroxyl groups is 1. The molecular weight excluding hydrogens is 154 g/mol. The molecule has 4 nitrogen and oxygen atoms in total. The van der Waals surface area contributed by atoms with Crippen LogP contribution in [0.5, 0.6) is 0 Å². The number of nitrogens with two attached hydrogens (primary N) is 1. The van der Waals surface area contributed by atoms with Crippen LogP contribution in [0.3, 0.4) is 0 Å². The van der Waals surface area contributed by atoms with Gasteiger partial charge in [-0.25, -0.2) is 0 Å². The highest BCUT2D eigenvalue weighted by Crippen LogP contribution is 2.23. The molecule has 0 bridgehead atoms. The van der Waals surface area contributed by atoms with Gasteiger partial charge in [-0.1, -0.05) is 0 Å². The van der Waals surface area contributed by atoms with Crippen molar-refractivity contribution in [2.75, 3.05) is 6.61 Å². The molecule has 1 fully saturated rings. The van der Waals surface area contributed by atoms with Crippen LogP contribution >= 0.6 is 0 Å². The lowest BCUT2D eigenvalue weighted by Crippen LogP contribution is -2.49. The van der Waals surface area contributed by atoms with E-state index >= 15 is 0 Å². The molecule has 0 aromatic heterocycles. The van der Waals surface area contributed by atoms with Crippen LogP contribution in [-0.4, -0.2) is 29.3 Å². The third-order valence-corrected chi connectivity index (χ3v) is 1.73. The Labute approximate surface area is 72.9 Å². The Bertz CT molecular complexity index is 185. The quantitative estimate of drug-likeness (QED) is 0.407. The predicted octanol–water partition coefficient (Wildman–Crippen LogP) is -0.176. The number of hydrogen-bond acceptors (Lipinski definition) is 2. The molecule has 12 heavy (non-hydrogen) atoms. The molecule has 4 heteroatoms. The summed E-state index contributed by atoms with van der Waals surface area (Å²) in [4.78, 5) is 4.19. The van der Waals surface area contributed by atoms with Gasteiger partial charge in [-0.3, -0.25) is 4.99 Å². The molecule has 1 aliphatic rings. The van der Waals surface area contributed by atoms with E-state index in [0.29, 0.717) is 12.0 Å². The van der Waals surface area contributed by atoms with Crippen molar-refractivity contribution in [3.63, 3.8) is 0 Å². The monoisotopic (exact) mass is 171 g/mol. The SMILES string of the molecule is CC(C)(CO)NC(N)=NC1CC1. The van der Waals surface area contributed by atoms with E-state index in [1.807, 2.05) is 13.8 Å². The maximum absolute atomic E-state index is 8.92. The number of aliphatic imine (C=N–C) groups is 1. The molecule has 0 aromatic carbocycles.